The number of ether oxygens (including phenoxy) is 1. The van der Waals surface area contributed by atoms with Crippen LogP contribution in [0.1, 0.15) is 64.7 Å². The lowest BCUT2D eigenvalue weighted by Gasteiger charge is -2.58. The van der Waals surface area contributed by atoms with Crippen molar-refractivity contribution < 1.29 is 9.53 Å². The molecule has 140 valence electrons. The maximum absolute atomic E-state index is 12.1. The molecule has 0 bridgehead atoms. The fourth-order valence-electron chi connectivity index (χ4n) is 8.32. The molecule has 2 heteroatoms. The summed E-state index contributed by atoms with van der Waals surface area (Å²) < 4.78 is 6.42. The van der Waals surface area contributed by atoms with E-state index in [1.165, 1.54) is 44.9 Å². The average molecular weight is 353 g/mol. The van der Waals surface area contributed by atoms with Crippen LogP contribution in [-0.4, -0.2) is 18.0 Å². The van der Waals surface area contributed by atoms with Gasteiger partial charge in [-0.15, -0.1) is 0 Å². The summed E-state index contributed by atoms with van der Waals surface area (Å²) in [6.07, 6.45) is 18.1. The predicted octanol–water partition coefficient (Wildman–Crippen LogP) is 5.09. The Balaban J connectivity index is 1.40. The summed E-state index contributed by atoms with van der Waals surface area (Å²) in [4.78, 5) is 12.1. The first-order valence-corrected chi connectivity index (χ1v) is 11.2. The zero-order valence-corrected chi connectivity index (χ0v) is 16.1. The maximum atomic E-state index is 12.1. The Morgan fingerprint density at radius 3 is 2.73 bits per heavy atom. The van der Waals surface area contributed by atoms with E-state index in [1.54, 1.807) is 5.57 Å². The monoisotopic (exact) mass is 352 g/mol. The van der Waals surface area contributed by atoms with Crippen LogP contribution in [0.2, 0.25) is 0 Å². The average Bonchev–Trinajstić information content (AvgIpc) is 3.29. The SMILES string of the molecule is C[C@]12CCC3C(C1CC[C@@]21C=CCO1)[C@@H](C1CC1)CC1=CC(=O)CC[C@@H]13. The van der Waals surface area contributed by atoms with E-state index >= 15 is 0 Å². The van der Waals surface area contributed by atoms with Crippen molar-refractivity contribution in [3.63, 3.8) is 0 Å². The van der Waals surface area contributed by atoms with Gasteiger partial charge in [-0.3, -0.25) is 4.79 Å². The van der Waals surface area contributed by atoms with Crippen LogP contribution in [0.5, 0.6) is 0 Å². The molecule has 7 atom stereocenters. The quantitative estimate of drug-likeness (QED) is 0.615. The topological polar surface area (TPSA) is 26.3 Å². The molecule has 4 saturated carbocycles. The minimum absolute atomic E-state index is 0.0371. The van der Waals surface area contributed by atoms with Crippen molar-refractivity contribution >= 4 is 5.78 Å². The van der Waals surface area contributed by atoms with E-state index in [4.69, 9.17) is 4.74 Å². The largest absolute Gasteiger partial charge is 0.366 e. The van der Waals surface area contributed by atoms with Gasteiger partial charge < -0.3 is 4.74 Å². The highest BCUT2D eigenvalue weighted by Crippen LogP contribution is 2.69. The van der Waals surface area contributed by atoms with Crippen LogP contribution >= 0.6 is 0 Å². The minimum atomic E-state index is 0.0371. The van der Waals surface area contributed by atoms with E-state index in [1.807, 2.05) is 0 Å². The molecular formula is C24H32O2. The first-order chi connectivity index (χ1) is 12.6. The zero-order chi connectivity index (χ0) is 17.5. The number of carbonyl (C=O) groups excluding carboxylic acids is 1. The molecular weight excluding hydrogens is 320 g/mol. The molecule has 0 N–H and O–H groups in total. The van der Waals surface area contributed by atoms with Crippen LogP contribution in [0, 0.1) is 40.9 Å². The fraction of sp³-hybridized carbons (Fsp3) is 0.792. The number of hydrogen-bond acceptors (Lipinski definition) is 2. The molecule has 0 aromatic carbocycles. The van der Waals surface area contributed by atoms with Crippen LogP contribution in [0.15, 0.2) is 23.8 Å². The third-order valence-electron chi connectivity index (χ3n) is 9.63. The van der Waals surface area contributed by atoms with Crippen LogP contribution in [-0.2, 0) is 9.53 Å². The van der Waals surface area contributed by atoms with E-state index < -0.39 is 0 Å². The Bertz CT molecular complexity index is 701. The van der Waals surface area contributed by atoms with Gasteiger partial charge in [0.25, 0.3) is 0 Å². The van der Waals surface area contributed by atoms with Gasteiger partial charge in [-0.05, 0) is 93.0 Å². The van der Waals surface area contributed by atoms with Crippen molar-refractivity contribution in [2.75, 3.05) is 6.61 Å². The highest BCUT2D eigenvalue weighted by molar-refractivity contribution is 5.91. The highest BCUT2D eigenvalue weighted by atomic mass is 16.5. The lowest BCUT2D eigenvalue weighted by Crippen LogP contribution is -2.54. The standard InChI is InChI=1S/C24H32O2/c1-23-10-7-19-18-6-5-17(25)13-16(18)14-20(15-3-4-15)22(19)21(23)8-11-24(23)9-2-12-26-24/h2,9,13,15,18-22H,3-8,10-12,14H2,1H3/t18-,19?,20+,21?,22?,23-,24-/m0/s1. The molecule has 1 spiro atoms. The number of carbonyl (C=O) groups is 1. The Morgan fingerprint density at radius 1 is 1.08 bits per heavy atom. The second kappa shape index (κ2) is 5.34. The summed E-state index contributed by atoms with van der Waals surface area (Å²) in [5.74, 6) is 5.46. The molecule has 5 aliphatic carbocycles. The van der Waals surface area contributed by atoms with Gasteiger partial charge in [0.2, 0.25) is 0 Å². The lowest BCUT2D eigenvalue weighted by atomic mass is 9.47. The molecule has 2 nitrogen and oxygen atoms in total. The van der Waals surface area contributed by atoms with Gasteiger partial charge >= 0.3 is 0 Å². The van der Waals surface area contributed by atoms with E-state index in [0.717, 1.165) is 49.0 Å². The number of rotatable bonds is 1. The van der Waals surface area contributed by atoms with Crippen molar-refractivity contribution in [2.24, 2.45) is 40.9 Å². The van der Waals surface area contributed by atoms with Crippen molar-refractivity contribution in [1.82, 2.24) is 0 Å². The van der Waals surface area contributed by atoms with E-state index in [9.17, 15) is 4.79 Å². The van der Waals surface area contributed by atoms with Crippen molar-refractivity contribution in [3.8, 4) is 0 Å². The second-order valence-corrected chi connectivity index (χ2v) is 10.5. The molecule has 6 aliphatic rings. The molecule has 0 aromatic heterocycles. The van der Waals surface area contributed by atoms with E-state index in [0.29, 0.717) is 17.1 Å². The third-order valence-corrected chi connectivity index (χ3v) is 9.63. The summed E-state index contributed by atoms with van der Waals surface area (Å²) in [6, 6.07) is 0. The summed E-state index contributed by atoms with van der Waals surface area (Å²) in [6.45, 7) is 3.39. The van der Waals surface area contributed by atoms with Crippen LogP contribution in [0.25, 0.3) is 0 Å². The van der Waals surface area contributed by atoms with Gasteiger partial charge in [-0.2, -0.15) is 0 Å². The van der Waals surface area contributed by atoms with Crippen LogP contribution in [0.3, 0.4) is 0 Å². The lowest BCUT2D eigenvalue weighted by molar-refractivity contribution is -0.126. The van der Waals surface area contributed by atoms with E-state index in [-0.39, 0.29) is 5.60 Å². The number of hydrogen-bond donors (Lipinski definition) is 0. The van der Waals surface area contributed by atoms with Crippen molar-refractivity contribution in [3.05, 3.63) is 23.8 Å². The van der Waals surface area contributed by atoms with Gasteiger partial charge in [-0.1, -0.05) is 24.6 Å². The van der Waals surface area contributed by atoms with Gasteiger partial charge in [0.15, 0.2) is 5.78 Å². The van der Waals surface area contributed by atoms with Crippen molar-refractivity contribution in [1.29, 1.82) is 0 Å². The maximum Gasteiger partial charge on any atom is 0.155 e. The Morgan fingerprint density at radius 2 is 1.96 bits per heavy atom. The molecule has 26 heavy (non-hydrogen) atoms. The molecule has 0 amide bonds. The number of ketones is 1. The van der Waals surface area contributed by atoms with Gasteiger partial charge in [0.05, 0.1) is 12.2 Å². The fourth-order valence-corrected chi connectivity index (χ4v) is 8.32. The predicted molar refractivity (Wildman–Crippen MR) is 102 cm³/mol. The highest BCUT2D eigenvalue weighted by Gasteiger charge is 2.65. The third kappa shape index (κ3) is 2.00. The van der Waals surface area contributed by atoms with Gasteiger partial charge in [0, 0.05) is 11.8 Å². The van der Waals surface area contributed by atoms with Crippen LogP contribution in [0.4, 0.5) is 0 Å². The Hall–Kier alpha value is -0.890. The minimum Gasteiger partial charge on any atom is -0.366 e. The Kier molecular flexibility index (Phi) is 3.31. The molecule has 3 unspecified atom stereocenters. The van der Waals surface area contributed by atoms with Crippen molar-refractivity contribution in [2.45, 2.75) is 70.3 Å². The summed E-state index contributed by atoms with van der Waals surface area (Å²) >= 11 is 0. The first kappa shape index (κ1) is 16.1. The molecule has 1 aliphatic heterocycles. The Labute approximate surface area is 157 Å². The number of fused-ring (bicyclic) bond motifs is 6. The molecule has 6 rings (SSSR count). The van der Waals surface area contributed by atoms with E-state index in [2.05, 4.69) is 25.2 Å². The summed E-state index contributed by atoms with van der Waals surface area (Å²) in [5.41, 5.74) is 1.92. The number of allylic oxidation sites excluding steroid dienone is 1. The van der Waals surface area contributed by atoms with Gasteiger partial charge in [0.1, 0.15) is 0 Å². The normalized spacial score (nSPS) is 52.6. The second-order valence-electron chi connectivity index (χ2n) is 10.5. The van der Waals surface area contributed by atoms with Gasteiger partial charge in [-0.25, -0.2) is 0 Å². The molecule has 0 saturated heterocycles. The molecule has 4 fully saturated rings. The molecule has 0 radical (unpaired) electrons. The molecule has 0 aromatic rings. The summed E-state index contributed by atoms with van der Waals surface area (Å²) in [5, 5.41) is 0. The molecule has 1 heterocycles. The summed E-state index contributed by atoms with van der Waals surface area (Å²) in [7, 11) is 0. The first-order valence-electron chi connectivity index (χ1n) is 11.2. The van der Waals surface area contributed by atoms with Crippen LogP contribution < -0.4 is 0 Å². The smallest absolute Gasteiger partial charge is 0.155 e. The zero-order valence-electron chi connectivity index (χ0n) is 16.1.